The largest absolute Gasteiger partial charge is 0.271 e. The van der Waals surface area contributed by atoms with E-state index in [-0.39, 0.29) is 5.91 Å². The zero-order chi connectivity index (χ0) is 13.5. The first-order valence-corrected chi connectivity index (χ1v) is 6.35. The average molecular weight is 276 g/mol. The van der Waals surface area contributed by atoms with Crippen LogP contribution in [0.5, 0.6) is 0 Å². The number of hydrogen-bond acceptors (Lipinski definition) is 2. The second-order valence-electron chi connectivity index (χ2n) is 4.01. The Morgan fingerprint density at radius 3 is 2.26 bits per heavy atom. The molecule has 0 aliphatic carbocycles. The van der Waals surface area contributed by atoms with Gasteiger partial charge in [-0.2, -0.15) is 0 Å². The van der Waals surface area contributed by atoms with E-state index in [2.05, 4.69) is 5.48 Å². The van der Waals surface area contributed by atoms with Crippen LogP contribution in [0.15, 0.2) is 60.7 Å². The maximum absolute atomic E-state index is 11.8. The highest BCUT2D eigenvalue weighted by Crippen LogP contribution is 2.19. The molecule has 0 aliphatic rings. The Morgan fingerprint density at radius 1 is 1.05 bits per heavy atom. The molecular weight excluding hydrogens is 262 g/mol. The van der Waals surface area contributed by atoms with Crippen molar-refractivity contribution in [3.63, 3.8) is 0 Å². The third kappa shape index (κ3) is 4.09. The van der Waals surface area contributed by atoms with Crippen molar-refractivity contribution in [2.24, 2.45) is 0 Å². The highest BCUT2D eigenvalue weighted by molar-refractivity contribution is 6.30. The van der Waals surface area contributed by atoms with Gasteiger partial charge in [0.15, 0.2) is 0 Å². The highest BCUT2D eigenvalue weighted by Gasteiger charge is 2.17. The van der Waals surface area contributed by atoms with Gasteiger partial charge in [0.25, 0.3) is 5.91 Å². The van der Waals surface area contributed by atoms with Crippen molar-refractivity contribution in [2.45, 2.75) is 12.0 Å². The molecule has 1 amide bonds. The fourth-order valence-corrected chi connectivity index (χ4v) is 1.78. The Labute approximate surface area is 117 Å². The summed E-state index contributed by atoms with van der Waals surface area (Å²) in [5.74, 6) is -0.371. The number of hydroxylamine groups is 1. The Morgan fingerprint density at radius 2 is 1.63 bits per heavy atom. The van der Waals surface area contributed by atoms with Gasteiger partial charge < -0.3 is 0 Å². The second-order valence-corrected chi connectivity index (χ2v) is 4.45. The van der Waals surface area contributed by atoms with Crippen LogP contribution in [0.4, 0.5) is 0 Å². The fourth-order valence-electron chi connectivity index (χ4n) is 1.59. The summed E-state index contributed by atoms with van der Waals surface area (Å²) in [4.78, 5) is 16.9. The van der Waals surface area contributed by atoms with Crippen LogP contribution in [-0.4, -0.2) is 5.91 Å². The van der Waals surface area contributed by atoms with Crippen molar-refractivity contribution < 1.29 is 9.63 Å². The third-order valence-electron chi connectivity index (χ3n) is 2.58. The lowest BCUT2D eigenvalue weighted by molar-refractivity contribution is -0.134. The zero-order valence-electron chi connectivity index (χ0n) is 10.3. The number of amides is 1. The SMILES string of the molecule is O=C(NOCc1ccccc1)C(Cl)c1ccccc1. The molecule has 2 aromatic carbocycles. The first-order chi connectivity index (χ1) is 9.27. The molecule has 2 aromatic rings. The number of nitrogens with one attached hydrogen (secondary N) is 1. The Kier molecular flexibility index (Phi) is 4.95. The number of carbonyl (C=O) groups excluding carboxylic acids is 1. The molecule has 1 unspecified atom stereocenters. The molecule has 19 heavy (non-hydrogen) atoms. The third-order valence-corrected chi connectivity index (χ3v) is 3.03. The van der Waals surface area contributed by atoms with E-state index >= 15 is 0 Å². The van der Waals surface area contributed by atoms with Crippen LogP contribution in [0, 0.1) is 0 Å². The smallest absolute Gasteiger partial charge is 0.266 e. The molecule has 1 atom stereocenters. The van der Waals surface area contributed by atoms with Gasteiger partial charge in [-0.05, 0) is 11.1 Å². The van der Waals surface area contributed by atoms with E-state index in [1.165, 1.54) is 0 Å². The van der Waals surface area contributed by atoms with Gasteiger partial charge in [-0.3, -0.25) is 9.63 Å². The highest BCUT2D eigenvalue weighted by atomic mass is 35.5. The zero-order valence-corrected chi connectivity index (χ0v) is 11.0. The molecule has 0 aliphatic heterocycles. The molecule has 3 nitrogen and oxygen atoms in total. The number of benzene rings is 2. The van der Waals surface area contributed by atoms with E-state index in [4.69, 9.17) is 16.4 Å². The summed E-state index contributed by atoms with van der Waals surface area (Å²) in [6, 6.07) is 18.7. The molecule has 4 heteroatoms. The van der Waals surface area contributed by atoms with E-state index in [0.29, 0.717) is 6.61 Å². The number of hydrogen-bond donors (Lipinski definition) is 1. The van der Waals surface area contributed by atoms with Gasteiger partial charge in [-0.25, -0.2) is 5.48 Å². The standard InChI is InChI=1S/C15H14ClNO2/c16-14(13-9-5-2-6-10-13)15(18)17-19-11-12-7-3-1-4-8-12/h1-10,14H,11H2,(H,17,18). The predicted octanol–water partition coefficient (Wildman–Crippen LogP) is 3.21. The van der Waals surface area contributed by atoms with Gasteiger partial charge in [0.2, 0.25) is 0 Å². The van der Waals surface area contributed by atoms with Gasteiger partial charge in [-0.15, -0.1) is 11.6 Å². The molecule has 2 rings (SSSR count). The van der Waals surface area contributed by atoms with Crippen molar-refractivity contribution in [2.75, 3.05) is 0 Å². The molecule has 1 N–H and O–H groups in total. The summed E-state index contributed by atoms with van der Waals surface area (Å²) in [6.45, 7) is 0.310. The minimum atomic E-state index is -0.753. The Balaban J connectivity index is 1.82. The topological polar surface area (TPSA) is 38.3 Å². The quantitative estimate of drug-likeness (QED) is 0.672. The van der Waals surface area contributed by atoms with Crippen molar-refractivity contribution in [3.05, 3.63) is 71.8 Å². The van der Waals surface area contributed by atoms with Crippen LogP contribution in [0.2, 0.25) is 0 Å². The minimum Gasteiger partial charge on any atom is -0.271 e. The van der Waals surface area contributed by atoms with E-state index in [9.17, 15) is 4.79 Å². The van der Waals surface area contributed by atoms with E-state index in [1.54, 1.807) is 12.1 Å². The second kappa shape index (κ2) is 6.92. The van der Waals surface area contributed by atoms with E-state index < -0.39 is 5.38 Å². The van der Waals surface area contributed by atoms with Crippen LogP contribution >= 0.6 is 11.6 Å². The van der Waals surface area contributed by atoms with Crippen LogP contribution < -0.4 is 5.48 Å². The maximum atomic E-state index is 11.8. The van der Waals surface area contributed by atoms with Gasteiger partial charge in [-0.1, -0.05) is 60.7 Å². The molecule has 0 bridgehead atoms. The lowest BCUT2D eigenvalue weighted by atomic mass is 10.1. The molecule has 0 radical (unpaired) electrons. The van der Waals surface area contributed by atoms with Crippen LogP contribution in [0.3, 0.4) is 0 Å². The van der Waals surface area contributed by atoms with Crippen molar-refractivity contribution in [1.82, 2.24) is 5.48 Å². The first kappa shape index (κ1) is 13.6. The van der Waals surface area contributed by atoms with Crippen LogP contribution in [-0.2, 0) is 16.2 Å². The molecule has 0 fully saturated rings. The molecule has 0 heterocycles. The fraction of sp³-hybridized carbons (Fsp3) is 0.133. The number of alkyl halides is 1. The molecule has 0 spiro atoms. The summed E-state index contributed by atoms with van der Waals surface area (Å²) >= 11 is 6.05. The van der Waals surface area contributed by atoms with Crippen molar-refractivity contribution >= 4 is 17.5 Å². The lowest BCUT2D eigenvalue weighted by Gasteiger charge is -2.10. The predicted molar refractivity (Wildman–Crippen MR) is 74.4 cm³/mol. The summed E-state index contributed by atoms with van der Waals surface area (Å²) in [7, 11) is 0. The lowest BCUT2D eigenvalue weighted by Crippen LogP contribution is -2.27. The summed E-state index contributed by atoms with van der Waals surface area (Å²) in [5.41, 5.74) is 4.08. The molecule has 0 aromatic heterocycles. The molecule has 98 valence electrons. The minimum absolute atomic E-state index is 0.310. The van der Waals surface area contributed by atoms with Gasteiger partial charge in [0.1, 0.15) is 5.38 Å². The number of carbonyl (C=O) groups is 1. The summed E-state index contributed by atoms with van der Waals surface area (Å²) < 4.78 is 0. The monoisotopic (exact) mass is 275 g/mol. The van der Waals surface area contributed by atoms with Crippen LogP contribution in [0.25, 0.3) is 0 Å². The summed E-state index contributed by atoms with van der Waals surface area (Å²) in [6.07, 6.45) is 0. The number of halogens is 1. The molecule has 0 saturated heterocycles. The Hall–Kier alpha value is -1.84. The average Bonchev–Trinajstić information content (AvgIpc) is 2.48. The molecule has 0 saturated carbocycles. The maximum Gasteiger partial charge on any atom is 0.266 e. The normalized spacial score (nSPS) is 11.8. The molecular formula is C15H14ClNO2. The Bertz CT molecular complexity index is 516. The van der Waals surface area contributed by atoms with Gasteiger partial charge in [0.05, 0.1) is 6.61 Å². The van der Waals surface area contributed by atoms with Gasteiger partial charge >= 0.3 is 0 Å². The summed E-state index contributed by atoms with van der Waals surface area (Å²) in [5, 5.41) is -0.753. The van der Waals surface area contributed by atoms with Gasteiger partial charge in [0, 0.05) is 0 Å². The van der Waals surface area contributed by atoms with E-state index in [1.807, 2.05) is 48.5 Å². The first-order valence-electron chi connectivity index (χ1n) is 5.92. The van der Waals surface area contributed by atoms with E-state index in [0.717, 1.165) is 11.1 Å². The van der Waals surface area contributed by atoms with Crippen molar-refractivity contribution in [1.29, 1.82) is 0 Å². The van der Waals surface area contributed by atoms with Crippen LogP contribution in [0.1, 0.15) is 16.5 Å². The number of rotatable bonds is 5. The van der Waals surface area contributed by atoms with Crippen molar-refractivity contribution in [3.8, 4) is 0 Å².